The van der Waals surface area contributed by atoms with Crippen molar-refractivity contribution in [3.8, 4) is 0 Å². The van der Waals surface area contributed by atoms with E-state index in [1.807, 2.05) is 6.07 Å². The first kappa shape index (κ1) is 15.2. The predicted molar refractivity (Wildman–Crippen MR) is 96.5 cm³/mol. The lowest BCUT2D eigenvalue weighted by molar-refractivity contribution is -0.137. The summed E-state index contributed by atoms with van der Waals surface area (Å²) in [6, 6.07) is 8.88. The van der Waals surface area contributed by atoms with E-state index in [-0.39, 0.29) is 23.3 Å². The molecule has 1 aromatic carbocycles. The minimum atomic E-state index is -0.699. The number of carbonyl (C=O) groups is 1. The lowest BCUT2D eigenvalue weighted by Gasteiger charge is -2.45. The highest BCUT2D eigenvalue weighted by Crippen LogP contribution is 2.70. The van der Waals surface area contributed by atoms with Gasteiger partial charge in [0, 0.05) is 35.9 Å². The lowest BCUT2D eigenvalue weighted by Crippen LogP contribution is -2.55. The highest BCUT2D eigenvalue weighted by Gasteiger charge is 2.76. The molecule has 1 spiro atoms. The number of fused-ring (bicyclic) bond motifs is 2. The first-order chi connectivity index (χ1) is 12.6. The molecule has 1 saturated carbocycles. The van der Waals surface area contributed by atoms with Crippen molar-refractivity contribution >= 4 is 11.7 Å². The van der Waals surface area contributed by atoms with Gasteiger partial charge in [-0.3, -0.25) is 4.90 Å². The molecule has 2 N–H and O–H groups in total. The zero-order valence-corrected chi connectivity index (χ0v) is 15.2. The van der Waals surface area contributed by atoms with Crippen LogP contribution in [0.5, 0.6) is 0 Å². The summed E-state index contributed by atoms with van der Waals surface area (Å²) in [7, 11) is 1.47. The highest BCUT2D eigenvalue weighted by atomic mass is 16.5. The average molecular weight is 352 g/mol. The summed E-state index contributed by atoms with van der Waals surface area (Å²) in [5, 5.41) is 15.0. The van der Waals surface area contributed by atoms with Crippen molar-refractivity contribution in [3.05, 3.63) is 41.1 Å². The van der Waals surface area contributed by atoms with Gasteiger partial charge in [-0.25, -0.2) is 4.79 Å². The summed E-state index contributed by atoms with van der Waals surface area (Å²) < 4.78 is 5.24. The molecule has 1 aromatic rings. The van der Waals surface area contributed by atoms with Crippen LogP contribution in [0.15, 0.2) is 35.5 Å². The predicted octanol–water partition coefficient (Wildman–Crippen LogP) is 2.02. The van der Waals surface area contributed by atoms with E-state index in [4.69, 9.17) is 4.74 Å². The van der Waals surface area contributed by atoms with E-state index in [0.29, 0.717) is 12.0 Å². The number of aliphatic hydroxyl groups is 1. The topological polar surface area (TPSA) is 61.8 Å². The summed E-state index contributed by atoms with van der Waals surface area (Å²) >= 11 is 0. The number of esters is 1. The van der Waals surface area contributed by atoms with Gasteiger partial charge in [0.1, 0.15) is 0 Å². The SMILES string of the molecule is CC[C@@]1(O)CC2[C@H]3C(C(=O)OC)=C4Nc5ccccc5C45CCN([C@H]25)[C@H]31. The molecule has 0 aromatic heterocycles. The number of para-hydroxylation sites is 1. The second-order valence-corrected chi connectivity index (χ2v) is 8.65. The second kappa shape index (κ2) is 4.52. The van der Waals surface area contributed by atoms with Crippen molar-refractivity contribution in [1.29, 1.82) is 0 Å². The number of anilines is 1. The van der Waals surface area contributed by atoms with Gasteiger partial charge in [0.05, 0.1) is 23.7 Å². The molecular weight excluding hydrogens is 328 g/mol. The van der Waals surface area contributed by atoms with Crippen LogP contribution in [0.4, 0.5) is 5.69 Å². The van der Waals surface area contributed by atoms with Crippen molar-refractivity contribution in [1.82, 2.24) is 4.90 Å². The maximum atomic E-state index is 12.9. The van der Waals surface area contributed by atoms with Crippen LogP contribution in [0.1, 0.15) is 31.7 Å². The third-order valence-electron chi connectivity index (χ3n) is 8.06. The Kier molecular flexibility index (Phi) is 2.65. The second-order valence-electron chi connectivity index (χ2n) is 8.65. The molecule has 2 saturated heterocycles. The van der Waals surface area contributed by atoms with Crippen molar-refractivity contribution in [2.75, 3.05) is 19.0 Å². The van der Waals surface area contributed by atoms with Crippen LogP contribution in [0, 0.1) is 11.8 Å². The molecule has 26 heavy (non-hydrogen) atoms. The van der Waals surface area contributed by atoms with Crippen LogP contribution >= 0.6 is 0 Å². The number of nitrogens with one attached hydrogen (secondary N) is 1. The van der Waals surface area contributed by atoms with Gasteiger partial charge in [-0.2, -0.15) is 0 Å². The Hall–Kier alpha value is -1.85. The molecule has 5 nitrogen and oxygen atoms in total. The molecule has 2 aliphatic carbocycles. The summed E-state index contributed by atoms with van der Waals surface area (Å²) in [5.74, 6) is 0.160. The van der Waals surface area contributed by atoms with E-state index in [1.165, 1.54) is 12.7 Å². The van der Waals surface area contributed by atoms with Gasteiger partial charge < -0.3 is 15.2 Å². The molecular formula is C21H24N2O3. The Labute approximate surface area is 153 Å². The normalized spacial score (nSPS) is 44.1. The van der Waals surface area contributed by atoms with Gasteiger partial charge in [0.25, 0.3) is 0 Å². The standard InChI is InChI=1S/C21H24N2O3/c1-3-20(25)10-11-14-15(19(24)26-2)16-21(8-9-23(17(11)21)18(14)20)12-6-4-5-7-13(12)22-16/h4-7,11,14,17-18,22,25H,3,8-10H2,1-2H3/t11?,14-,17+,18+,20+,21?/m0/s1. The molecule has 5 aliphatic rings. The average Bonchev–Trinajstić information content (AvgIpc) is 3.34. The molecule has 6 rings (SSSR count). The van der Waals surface area contributed by atoms with Gasteiger partial charge >= 0.3 is 5.97 Å². The maximum absolute atomic E-state index is 12.9. The van der Waals surface area contributed by atoms with E-state index in [9.17, 15) is 9.90 Å². The number of benzene rings is 1. The smallest absolute Gasteiger partial charge is 0.335 e. The Balaban J connectivity index is 1.65. The fourth-order valence-electron chi connectivity index (χ4n) is 7.32. The quantitative estimate of drug-likeness (QED) is 0.798. The van der Waals surface area contributed by atoms with Gasteiger partial charge in [-0.15, -0.1) is 0 Å². The van der Waals surface area contributed by atoms with Crippen LogP contribution in [0.25, 0.3) is 0 Å². The number of methoxy groups -OCH3 is 1. The van der Waals surface area contributed by atoms with E-state index in [0.717, 1.165) is 42.8 Å². The third kappa shape index (κ3) is 1.37. The minimum Gasteiger partial charge on any atom is -0.466 e. The number of ether oxygens (including phenoxy) is 1. The van der Waals surface area contributed by atoms with Crippen molar-refractivity contribution in [2.24, 2.45) is 11.8 Å². The molecule has 6 atom stereocenters. The minimum absolute atomic E-state index is 0.0306. The summed E-state index contributed by atoms with van der Waals surface area (Å²) in [5.41, 5.74) is 3.44. The van der Waals surface area contributed by atoms with E-state index < -0.39 is 5.60 Å². The number of hydrogen-bond donors (Lipinski definition) is 2. The molecule has 136 valence electrons. The highest BCUT2D eigenvalue weighted by molar-refractivity contribution is 5.94. The van der Waals surface area contributed by atoms with Crippen molar-refractivity contribution < 1.29 is 14.6 Å². The van der Waals surface area contributed by atoms with Crippen LogP contribution < -0.4 is 5.32 Å². The molecule has 0 radical (unpaired) electrons. The number of carbonyl (C=O) groups excluding carboxylic acids is 1. The molecule has 0 amide bonds. The summed E-state index contributed by atoms with van der Waals surface area (Å²) in [6.07, 6.45) is 2.52. The van der Waals surface area contributed by atoms with Crippen LogP contribution in [-0.2, 0) is 14.9 Å². The summed E-state index contributed by atoms with van der Waals surface area (Å²) in [4.78, 5) is 15.4. The first-order valence-electron chi connectivity index (χ1n) is 9.74. The van der Waals surface area contributed by atoms with Crippen molar-refractivity contribution in [2.45, 2.75) is 49.3 Å². The van der Waals surface area contributed by atoms with Crippen LogP contribution in [0.3, 0.4) is 0 Å². The van der Waals surface area contributed by atoms with Gasteiger partial charge in [0.2, 0.25) is 0 Å². The Morgan fingerprint density at radius 3 is 2.96 bits per heavy atom. The van der Waals surface area contributed by atoms with Gasteiger partial charge in [0.15, 0.2) is 0 Å². The third-order valence-corrected chi connectivity index (χ3v) is 8.06. The van der Waals surface area contributed by atoms with E-state index >= 15 is 0 Å². The lowest BCUT2D eigenvalue weighted by atomic mass is 9.62. The Morgan fingerprint density at radius 2 is 2.19 bits per heavy atom. The van der Waals surface area contributed by atoms with E-state index in [2.05, 4.69) is 35.3 Å². The fraction of sp³-hybridized carbons (Fsp3) is 0.571. The van der Waals surface area contributed by atoms with E-state index in [1.54, 1.807) is 0 Å². The summed E-state index contributed by atoms with van der Waals surface area (Å²) in [6.45, 7) is 3.05. The molecule has 3 aliphatic heterocycles. The fourth-order valence-corrected chi connectivity index (χ4v) is 7.32. The number of hydrogen-bond acceptors (Lipinski definition) is 5. The molecule has 4 bridgehead atoms. The number of nitrogens with zero attached hydrogens (tertiary/aromatic N) is 1. The largest absolute Gasteiger partial charge is 0.466 e. The van der Waals surface area contributed by atoms with Crippen molar-refractivity contribution in [3.63, 3.8) is 0 Å². The monoisotopic (exact) mass is 352 g/mol. The zero-order valence-electron chi connectivity index (χ0n) is 15.2. The molecule has 3 fully saturated rings. The number of rotatable bonds is 2. The van der Waals surface area contributed by atoms with Crippen LogP contribution in [-0.4, -0.2) is 47.3 Å². The maximum Gasteiger partial charge on any atom is 0.335 e. The zero-order chi connectivity index (χ0) is 17.8. The molecule has 5 heteroatoms. The first-order valence-corrected chi connectivity index (χ1v) is 9.74. The van der Waals surface area contributed by atoms with Gasteiger partial charge in [-0.1, -0.05) is 25.1 Å². The molecule has 3 heterocycles. The Bertz CT molecular complexity index is 880. The Morgan fingerprint density at radius 1 is 1.38 bits per heavy atom. The van der Waals surface area contributed by atoms with Crippen LogP contribution in [0.2, 0.25) is 0 Å². The van der Waals surface area contributed by atoms with Gasteiger partial charge in [-0.05, 0) is 36.8 Å². The number of piperidine rings is 1. The molecule has 2 unspecified atom stereocenters.